The monoisotopic (exact) mass is 846 g/mol. The van der Waals surface area contributed by atoms with Crippen molar-refractivity contribution in [2.24, 2.45) is 0 Å². The minimum absolute atomic E-state index is 0.174. The van der Waals surface area contributed by atoms with Gasteiger partial charge in [0.1, 0.15) is 0 Å². The normalized spacial score (nSPS) is 11.8. The Morgan fingerprint density at radius 2 is 0.562 bits per heavy atom. The van der Waals surface area contributed by atoms with E-state index in [1.807, 2.05) is 48.6 Å². The smallest absolute Gasteiger partial charge is 0.335 e. The zero-order valence-corrected chi connectivity index (χ0v) is 34.0. The minimum atomic E-state index is -1.02. The molecule has 64 heavy (non-hydrogen) atoms. The van der Waals surface area contributed by atoms with Crippen molar-refractivity contribution in [2.75, 3.05) is 0 Å². The number of hydrogen-bond donors (Lipinski definition) is 6. The van der Waals surface area contributed by atoms with Crippen LogP contribution in [0.3, 0.4) is 0 Å². The molecule has 4 aromatic carbocycles. The van der Waals surface area contributed by atoms with Crippen LogP contribution in [0.4, 0.5) is 0 Å². The van der Waals surface area contributed by atoms with Crippen LogP contribution >= 0.6 is 0 Å². The third-order valence-corrected chi connectivity index (χ3v) is 11.5. The van der Waals surface area contributed by atoms with Crippen LogP contribution in [0.5, 0.6) is 0 Å². The first kappa shape index (κ1) is 40.7. The number of aromatic nitrogens is 4. The molecule has 0 radical (unpaired) electrons. The van der Waals surface area contributed by atoms with Gasteiger partial charge < -0.3 is 30.4 Å². The number of aromatic carboxylic acids is 4. The van der Waals surface area contributed by atoms with Crippen molar-refractivity contribution in [3.05, 3.63) is 211 Å². The Bertz CT molecular complexity index is 3090. The molecule has 0 spiro atoms. The van der Waals surface area contributed by atoms with Crippen LogP contribution in [0.15, 0.2) is 121 Å². The molecule has 12 heteroatoms. The topological polar surface area (TPSA) is 207 Å². The second-order valence-corrected chi connectivity index (χ2v) is 15.6. The highest BCUT2D eigenvalue weighted by atomic mass is 16.4. The van der Waals surface area contributed by atoms with Gasteiger partial charge in [0.25, 0.3) is 0 Å². The molecule has 0 unspecified atom stereocenters. The summed E-state index contributed by atoms with van der Waals surface area (Å²) in [5.41, 5.74) is 13.5. The van der Waals surface area contributed by atoms with E-state index in [1.165, 1.54) is 0 Å². The SMILES string of the molecule is O=C(O)c1ccc(Cc2c3nc(c(Cc4ccc(C(=O)O)cc4)c4ccc([nH]4)c(Cc4ccc(C(=O)O)cc4)c4ccc([nH]4)c(Cc4ccc(C(=O)O)cc4)c4nc2C=C4)C=C3)cc1. The predicted molar refractivity (Wildman–Crippen MR) is 244 cm³/mol. The number of carboxylic acid groups (broad SMARTS) is 4. The fourth-order valence-electron chi connectivity index (χ4n) is 8.06. The molecule has 0 fully saturated rings. The van der Waals surface area contributed by atoms with Crippen molar-refractivity contribution in [3.8, 4) is 0 Å². The van der Waals surface area contributed by atoms with Crippen molar-refractivity contribution in [1.82, 2.24) is 19.9 Å². The molecule has 0 saturated heterocycles. The first-order valence-electron chi connectivity index (χ1n) is 20.4. The lowest BCUT2D eigenvalue weighted by Gasteiger charge is -2.08. The van der Waals surface area contributed by atoms with E-state index >= 15 is 0 Å². The summed E-state index contributed by atoms with van der Waals surface area (Å²) in [6, 6.07) is 35.0. The molecule has 0 aliphatic carbocycles. The summed E-state index contributed by atoms with van der Waals surface area (Å²) in [5, 5.41) is 38.4. The summed E-state index contributed by atoms with van der Waals surface area (Å²) < 4.78 is 0. The quantitative estimate of drug-likeness (QED) is 0.0686. The molecular weight excluding hydrogens is 809 g/mol. The lowest BCUT2D eigenvalue weighted by molar-refractivity contribution is 0.0686. The average molecular weight is 847 g/mol. The molecule has 0 amide bonds. The lowest BCUT2D eigenvalue weighted by Crippen LogP contribution is -2.00. The molecule has 3 aromatic heterocycles. The van der Waals surface area contributed by atoms with Crippen LogP contribution in [-0.4, -0.2) is 64.2 Å². The number of rotatable bonds is 12. The van der Waals surface area contributed by atoms with E-state index in [2.05, 4.69) is 9.97 Å². The molecule has 0 atom stereocenters. The summed E-state index contributed by atoms with van der Waals surface area (Å²) in [5.74, 6) is -4.06. The van der Waals surface area contributed by atoms with Crippen LogP contribution < -0.4 is 0 Å². The van der Waals surface area contributed by atoms with Crippen LogP contribution in [0.25, 0.3) is 46.4 Å². The first-order chi connectivity index (χ1) is 30.9. The van der Waals surface area contributed by atoms with E-state index in [0.29, 0.717) is 48.5 Å². The van der Waals surface area contributed by atoms with Crippen LogP contribution in [0, 0.1) is 0 Å². The summed E-state index contributed by atoms with van der Waals surface area (Å²) >= 11 is 0. The first-order valence-corrected chi connectivity index (χ1v) is 20.4. The predicted octanol–water partition coefficient (Wildman–Crippen LogP) is 9.81. The summed E-state index contributed by atoms with van der Waals surface area (Å²) in [6.07, 6.45) is 9.44. The van der Waals surface area contributed by atoms with Crippen molar-refractivity contribution < 1.29 is 39.6 Å². The molecular formula is C52H38N4O8. The largest absolute Gasteiger partial charge is 0.478 e. The average Bonchev–Trinajstić information content (AvgIpc) is 4.15. The summed E-state index contributed by atoms with van der Waals surface area (Å²) in [6.45, 7) is 0. The van der Waals surface area contributed by atoms with Crippen LogP contribution in [0.1, 0.15) is 109 Å². The number of nitrogens with one attached hydrogen (secondary N) is 2. The second kappa shape index (κ2) is 17.0. The molecule has 6 N–H and O–H groups in total. The molecule has 314 valence electrons. The van der Waals surface area contributed by atoms with Gasteiger partial charge in [-0.15, -0.1) is 0 Å². The number of aromatic amines is 2. The molecule has 7 aromatic rings. The van der Waals surface area contributed by atoms with Gasteiger partial charge in [0.05, 0.1) is 45.0 Å². The Morgan fingerprint density at radius 3 is 0.844 bits per heavy atom. The number of nitrogens with zero attached hydrogens (tertiary/aromatic N) is 2. The summed E-state index contributed by atoms with van der Waals surface area (Å²) in [7, 11) is 0. The van der Waals surface area contributed by atoms with Crippen LogP contribution in [0.2, 0.25) is 0 Å². The standard InChI is InChI=1S/C52H38N4O8/c57-49(58)33-9-1-29(2-10-33)25-37-41-17-19-43(53-41)38(26-30-3-11-34(12-4-30)50(59)60)45-21-23-47(55-45)40(28-32-7-15-36(16-8-32)52(63)64)48-24-22-46(56-48)39(44-20-18-42(37)54-44)27-31-5-13-35(14-6-31)51(61)62/h1-24,53-54H,25-28H2,(H,57,58)(H,59,60)(H,61,62)(H,63,64). The van der Waals surface area contributed by atoms with E-state index in [-0.39, 0.29) is 22.3 Å². The van der Waals surface area contributed by atoms with Crippen molar-refractivity contribution in [1.29, 1.82) is 0 Å². The fraction of sp³-hybridized carbons (Fsp3) is 0.0769. The Morgan fingerprint density at radius 1 is 0.328 bits per heavy atom. The summed E-state index contributed by atoms with van der Waals surface area (Å²) in [4.78, 5) is 64.7. The molecule has 2 aliphatic heterocycles. The molecule has 5 heterocycles. The van der Waals surface area contributed by atoms with E-state index in [0.717, 1.165) is 66.6 Å². The fourth-order valence-corrected chi connectivity index (χ4v) is 8.06. The zero-order chi connectivity index (χ0) is 44.5. The van der Waals surface area contributed by atoms with Gasteiger partial charge in [0.15, 0.2) is 0 Å². The highest BCUT2D eigenvalue weighted by molar-refractivity contribution is 5.90. The lowest BCUT2D eigenvalue weighted by atomic mass is 10.0. The van der Waals surface area contributed by atoms with E-state index in [9.17, 15) is 39.6 Å². The maximum Gasteiger partial charge on any atom is 0.335 e. The maximum atomic E-state index is 11.7. The number of hydrogen-bond acceptors (Lipinski definition) is 6. The molecule has 12 nitrogen and oxygen atoms in total. The third kappa shape index (κ3) is 8.48. The van der Waals surface area contributed by atoms with Gasteiger partial charge in [-0.2, -0.15) is 0 Å². The Hall–Kier alpha value is -8.64. The van der Waals surface area contributed by atoms with Gasteiger partial charge >= 0.3 is 23.9 Å². The molecule has 2 aliphatic rings. The second-order valence-electron chi connectivity index (χ2n) is 15.6. The number of H-pyrrole nitrogens is 2. The van der Waals surface area contributed by atoms with E-state index in [4.69, 9.17) is 9.97 Å². The molecule has 8 bridgehead atoms. The Kier molecular flexibility index (Phi) is 10.8. The van der Waals surface area contributed by atoms with Crippen molar-refractivity contribution >= 4 is 70.2 Å². The van der Waals surface area contributed by atoms with Gasteiger partial charge in [-0.1, -0.05) is 48.5 Å². The van der Waals surface area contributed by atoms with Crippen molar-refractivity contribution in [3.63, 3.8) is 0 Å². The van der Waals surface area contributed by atoms with Crippen molar-refractivity contribution in [2.45, 2.75) is 25.7 Å². The van der Waals surface area contributed by atoms with Gasteiger partial charge in [-0.25, -0.2) is 29.1 Å². The van der Waals surface area contributed by atoms with Gasteiger partial charge in [-0.05, 0) is 119 Å². The zero-order valence-electron chi connectivity index (χ0n) is 34.0. The Labute approximate surface area is 365 Å². The van der Waals surface area contributed by atoms with Gasteiger partial charge in [-0.3, -0.25) is 0 Å². The highest BCUT2D eigenvalue weighted by Gasteiger charge is 2.19. The number of fused-ring (bicyclic) bond motifs is 8. The Balaban J connectivity index is 1.31. The highest BCUT2D eigenvalue weighted by Crippen LogP contribution is 2.31. The van der Waals surface area contributed by atoms with E-state index in [1.54, 1.807) is 97.1 Å². The minimum Gasteiger partial charge on any atom is -0.478 e. The molecule has 0 saturated carbocycles. The van der Waals surface area contributed by atoms with E-state index < -0.39 is 23.9 Å². The number of benzene rings is 4. The molecule has 9 rings (SSSR count). The van der Waals surface area contributed by atoms with Gasteiger partial charge in [0.2, 0.25) is 0 Å². The van der Waals surface area contributed by atoms with Gasteiger partial charge in [0, 0.05) is 70.0 Å². The maximum absolute atomic E-state index is 11.7. The van der Waals surface area contributed by atoms with Crippen LogP contribution in [-0.2, 0) is 25.7 Å². The number of carboxylic acids is 4. The number of carbonyl (C=O) groups is 4. The third-order valence-electron chi connectivity index (χ3n) is 11.5.